The van der Waals surface area contributed by atoms with Crippen molar-refractivity contribution in [1.29, 1.82) is 0 Å². The lowest BCUT2D eigenvalue weighted by Crippen LogP contribution is -2.26. The molecule has 128 valence electrons. The molecule has 0 radical (unpaired) electrons. The van der Waals surface area contributed by atoms with Crippen LogP contribution in [0.25, 0.3) is 22.7 Å². The van der Waals surface area contributed by atoms with Crippen LogP contribution in [-0.2, 0) is 13.0 Å². The van der Waals surface area contributed by atoms with Gasteiger partial charge in [0.05, 0.1) is 5.52 Å². The van der Waals surface area contributed by atoms with E-state index in [0.29, 0.717) is 0 Å². The van der Waals surface area contributed by atoms with Crippen molar-refractivity contribution in [2.24, 2.45) is 0 Å². The van der Waals surface area contributed by atoms with Gasteiger partial charge in [0.1, 0.15) is 5.82 Å². The minimum Gasteiger partial charge on any atom is -0.320 e. The molecule has 1 aliphatic heterocycles. The first kappa shape index (κ1) is 16.0. The van der Waals surface area contributed by atoms with Crippen LogP contribution in [0, 0.1) is 12.7 Å². The number of hydrogen-bond acceptors (Lipinski definition) is 2. The van der Waals surface area contributed by atoms with Crippen molar-refractivity contribution in [2.45, 2.75) is 26.8 Å². The van der Waals surface area contributed by atoms with Crippen molar-refractivity contribution in [1.82, 2.24) is 14.5 Å². The van der Waals surface area contributed by atoms with Crippen LogP contribution in [0.1, 0.15) is 29.4 Å². The van der Waals surface area contributed by atoms with Gasteiger partial charge in [0.15, 0.2) is 0 Å². The zero-order chi connectivity index (χ0) is 17.6. The fourth-order valence-corrected chi connectivity index (χ4v) is 3.62. The molecule has 0 unspecified atom stereocenters. The van der Waals surface area contributed by atoms with Crippen molar-refractivity contribution in [2.75, 3.05) is 13.6 Å². The molecule has 0 bridgehead atoms. The largest absolute Gasteiger partial charge is 0.320 e. The van der Waals surface area contributed by atoms with Gasteiger partial charge in [0.25, 0.3) is 0 Å². The number of rotatable bonds is 2. The maximum absolute atomic E-state index is 13.9. The predicted molar refractivity (Wildman–Crippen MR) is 101 cm³/mol. The molecule has 0 atom stereocenters. The molecule has 4 rings (SSSR count). The second-order valence-electron chi connectivity index (χ2n) is 6.94. The minimum atomic E-state index is -0.194. The fourth-order valence-electron chi connectivity index (χ4n) is 3.62. The number of fused-ring (bicyclic) bond motifs is 3. The third-order valence-electron chi connectivity index (χ3n) is 5.03. The van der Waals surface area contributed by atoms with Crippen LogP contribution in [0.3, 0.4) is 0 Å². The van der Waals surface area contributed by atoms with Gasteiger partial charge >= 0.3 is 0 Å². The van der Waals surface area contributed by atoms with Crippen LogP contribution >= 0.6 is 0 Å². The summed E-state index contributed by atoms with van der Waals surface area (Å²) >= 11 is 0. The van der Waals surface area contributed by atoms with E-state index in [1.54, 1.807) is 12.1 Å². The number of likely N-dealkylation sites (N-methyl/N-ethyl adjacent to an activating group) is 1. The van der Waals surface area contributed by atoms with Crippen molar-refractivity contribution in [3.8, 4) is 0 Å². The van der Waals surface area contributed by atoms with Crippen molar-refractivity contribution >= 4 is 22.7 Å². The first-order valence-electron chi connectivity index (χ1n) is 8.64. The number of allylic oxidation sites excluding steroid dienone is 1. The Labute approximate surface area is 147 Å². The third kappa shape index (κ3) is 2.87. The second-order valence-corrected chi connectivity index (χ2v) is 6.94. The SMILES string of the molecule is CC(=Cn1c2c(c3ccc(F)cc31)CN(C)CC2)c1ccc(C)nc1. The number of pyridine rings is 1. The molecular formula is C21H22FN3. The molecule has 3 nitrogen and oxygen atoms in total. The summed E-state index contributed by atoms with van der Waals surface area (Å²) in [5.41, 5.74) is 6.76. The summed E-state index contributed by atoms with van der Waals surface area (Å²) in [5, 5.41) is 1.15. The number of benzene rings is 1. The number of halogens is 1. The lowest BCUT2D eigenvalue weighted by molar-refractivity contribution is 0.312. The number of nitrogens with zero attached hydrogens (tertiary/aromatic N) is 3. The van der Waals surface area contributed by atoms with Gasteiger partial charge in [-0.3, -0.25) is 4.98 Å². The van der Waals surface area contributed by atoms with E-state index in [1.165, 1.54) is 11.3 Å². The average molecular weight is 335 g/mol. The van der Waals surface area contributed by atoms with Crippen LogP contribution in [0.2, 0.25) is 0 Å². The summed E-state index contributed by atoms with van der Waals surface area (Å²) in [5.74, 6) is -0.194. The zero-order valence-electron chi connectivity index (χ0n) is 14.9. The molecular weight excluding hydrogens is 313 g/mol. The Bertz CT molecular complexity index is 967. The standard InChI is InChI=1S/C21H22FN3/c1-14(16-5-4-15(2)23-11-16)12-25-20-8-9-24(3)13-19(20)18-7-6-17(22)10-21(18)25/h4-7,10-12H,8-9,13H2,1-3H3. The first-order valence-corrected chi connectivity index (χ1v) is 8.64. The molecule has 2 aromatic heterocycles. The molecule has 0 spiro atoms. The van der Waals surface area contributed by atoms with E-state index in [4.69, 9.17) is 0 Å². The van der Waals surface area contributed by atoms with E-state index in [1.807, 2.05) is 25.3 Å². The van der Waals surface area contributed by atoms with Gasteiger partial charge in [-0.15, -0.1) is 0 Å². The molecule has 1 aliphatic rings. The Kier molecular flexibility index (Phi) is 3.92. The Morgan fingerprint density at radius 2 is 2.08 bits per heavy atom. The van der Waals surface area contributed by atoms with Gasteiger partial charge in [-0.1, -0.05) is 6.07 Å². The summed E-state index contributed by atoms with van der Waals surface area (Å²) < 4.78 is 16.1. The van der Waals surface area contributed by atoms with Crippen molar-refractivity contribution in [3.63, 3.8) is 0 Å². The quantitative estimate of drug-likeness (QED) is 0.688. The molecule has 1 aromatic carbocycles. The Morgan fingerprint density at radius 3 is 2.84 bits per heavy atom. The number of hydrogen-bond donors (Lipinski definition) is 0. The van der Waals surface area contributed by atoms with Gasteiger partial charge in [-0.25, -0.2) is 4.39 Å². The maximum atomic E-state index is 13.9. The van der Waals surface area contributed by atoms with Crippen molar-refractivity contribution in [3.05, 3.63) is 64.9 Å². The van der Waals surface area contributed by atoms with Crippen LogP contribution in [-0.4, -0.2) is 28.0 Å². The summed E-state index contributed by atoms with van der Waals surface area (Å²) in [4.78, 5) is 6.70. The fraction of sp³-hybridized carbons (Fsp3) is 0.286. The summed E-state index contributed by atoms with van der Waals surface area (Å²) in [7, 11) is 2.13. The Morgan fingerprint density at radius 1 is 1.24 bits per heavy atom. The van der Waals surface area contributed by atoms with Crippen molar-refractivity contribution < 1.29 is 4.39 Å². The van der Waals surface area contributed by atoms with Crippen LogP contribution in [0.4, 0.5) is 4.39 Å². The summed E-state index contributed by atoms with van der Waals surface area (Å²) in [6, 6.07) is 9.22. The summed E-state index contributed by atoms with van der Waals surface area (Å²) in [6.45, 7) is 5.99. The molecule has 0 N–H and O–H groups in total. The van der Waals surface area contributed by atoms with Gasteiger partial charge in [-0.05, 0) is 61.9 Å². The Balaban J connectivity index is 1.90. The topological polar surface area (TPSA) is 21.1 Å². The second kappa shape index (κ2) is 6.12. The molecule has 0 amide bonds. The molecule has 25 heavy (non-hydrogen) atoms. The Hall–Kier alpha value is -2.46. The monoisotopic (exact) mass is 335 g/mol. The molecule has 4 heteroatoms. The van der Waals surface area contributed by atoms with Gasteiger partial charge in [-0.2, -0.15) is 0 Å². The zero-order valence-corrected chi connectivity index (χ0v) is 14.9. The van der Waals surface area contributed by atoms with E-state index in [0.717, 1.165) is 47.2 Å². The average Bonchev–Trinajstić information content (AvgIpc) is 2.88. The summed E-state index contributed by atoms with van der Waals surface area (Å²) in [6.07, 6.45) is 4.99. The number of aromatic nitrogens is 2. The smallest absolute Gasteiger partial charge is 0.125 e. The van der Waals surface area contributed by atoms with Crippen LogP contribution in [0.5, 0.6) is 0 Å². The molecule has 3 heterocycles. The van der Waals surface area contributed by atoms with Crippen LogP contribution in [0.15, 0.2) is 36.5 Å². The van der Waals surface area contributed by atoms with Gasteiger partial charge in [0, 0.05) is 48.7 Å². The van der Waals surface area contributed by atoms with Gasteiger partial charge in [0.2, 0.25) is 0 Å². The third-order valence-corrected chi connectivity index (χ3v) is 5.03. The van der Waals surface area contributed by atoms with E-state index in [-0.39, 0.29) is 5.82 Å². The van der Waals surface area contributed by atoms with E-state index >= 15 is 0 Å². The van der Waals surface area contributed by atoms with Gasteiger partial charge < -0.3 is 9.47 Å². The van der Waals surface area contributed by atoms with E-state index in [2.05, 4.69) is 40.7 Å². The first-order chi connectivity index (χ1) is 12.0. The molecule has 0 fully saturated rings. The minimum absolute atomic E-state index is 0.194. The predicted octanol–water partition coefficient (Wildman–Crippen LogP) is 4.49. The lowest BCUT2D eigenvalue weighted by atomic mass is 10.1. The normalized spacial score (nSPS) is 15.6. The molecule has 0 aliphatic carbocycles. The highest BCUT2D eigenvalue weighted by Crippen LogP contribution is 2.32. The highest BCUT2D eigenvalue weighted by molar-refractivity contribution is 5.90. The highest BCUT2D eigenvalue weighted by atomic mass is 19.1. The van der Waals surface area contributed by atoms with E-state index in [9.17, 15) is 4.39 Å². The van der Waals surface area contributed by atoms with E-state index < -0.39 is 0 Å². The number of aryl methyl sites for hydroxylation is 1. The van der Waals surface area contributed by atoms with Crippen LogP contribution < -0.4 is 0 Å². The molecule has 0 saturated heterocycles. The molecule has 3 aromatic rings. The highest BCUT2D eigenvalue weighted by Gasteiger charge is 2.22. The molecule has 0 saturated carbocycles. The lowest BCUT2D eigenvalue weighted by Gasteiger charge is -2.23. The maximum Gasteiger partial charge on any atom is 0.125 e.